The van der Waals surface area contributed by atoms with Crippen molar-refractivity contribution >= 4 is 40.7 Å². The molecule has 0 atom stereocenters. The van der Waals surface area contributed by atoms with Crippen molar-refractivity contribution in [2.45, 2.75) is 16.7 Å². The lowest BCUT2D eigenvalue weighted by Gasteiger charge is -2.08. The van der Waals surface area contributed by atoms with E-state index in [-0.39, 0.29) is 5.69 Å². The summed E-state index contributed by atoms with van der Waals surface area (Å²) in [5, 5.41) is 11.8. The molecule has 0 bridgehead atoms. The Morgan fingerprint density at radius 2 is 1.79 bits per heavy atom. The van der Waals surface area contributed by atoms with Crippen LogP contribution in [0.4, 0.5) is 5.69 Å². The topological polar surface area (TPSA) is 43.1 Å². The van der Waals surface area contributed by atoms with Crippen LogP contribution in [-0.2, 0) is 0 Å². The second kappa shape index (κ2) is 5.82. The first-order valence-corrected chi connectivity index (χ1v) is 6.92. The molecule has 0 radical (unpaired) electrons. The highest BCUT2D eigenvalue weighted by atomic mass is 35.5. The van der Waals surface area contributed by atoms with E-state index in [9.17, 15) is 10.1 Å². The summed E-state index contributed by atoms with van der Waals surface area (Å²) in [6.07, 6.45) is 0. The third kappa shape index (κ3) is 3.41. The number of nitro groups is 1. The fourth-order valence-electron chi connectivity index (χ4n) is 1.57. The van der Waals surface area contributed by atoms with Gasteiger partial charge < -0.3 is 0 Å². The highest BCUT2D eigenvalue weighted by molar-refractivity contribution is 7.99. The SMILES string of the molecule is Cc1cc([N+](=O)[O-])cc(Cl)c1Sc1ccc(Cl)cc1. The van der Waals surface area contributed by atoms with Gasteiger partial charge >= 0.3 is 0 Å². The van der Waals surface area contributed by atoms with E-state index in [4.69, 9.17) is 23.2 Å². The molecule has 98 valence electrons. The Kier molecular flexibility index (Phi) is 4.34. The minimum absolute atomic E-state index is 0.00274. The van der Waals surface area contributed by atoms with Gasteiger partial charge in [0.05, 0.1) is 9.95 Å². The molecule has 0 heterocycles. The van der Waals surface area contributed by atoms with Crippen LogP contribution in [0.3, 0.4) is 0 Å². The third-order valence-electron chi connectivity index (χ3n) is 2.46. The van der Waals surface area contributed by atoms with Gasteiger partial charge in [0.25, 0.3) is 5.69 Å². The van der Waals surface area contributed by atoms with Crippen molar-refractivity contribution in [3.05, 3.63) is 62.1 Å². The van der Waals surface area contributed by atoms with E-state index in [1.165, 1.54) is 23.9 Å². The van der Waals surface area contributed by atoms with E-state index < -0.39 is 4.92 Å². The predicted molar refractivity (Wildman–Crippen MR) is 78.4 cm³/mol. The van der Waals surface area contributed by atoms with Crippen LogP contribution >= 0.6 is 35.0 Å². The van der Waals surface area contributed by atoms with Crippen LogP contribution in [0.1, 0.15) is 5.56 Å². The van der Waals surface area contributed by atoms with Crippen LogP contribution in [0.2, 0.25) is 10.0 Å². The van der Waals surface area contributed by atoms with Crippen molar-refractivity contribution in [2.24, 2.45) is 0 Å². The van der Waals surface area contributed by atoms with Crippen molar-refractivity contribution in [1.82, 2.24) is 0 Å². The molecular formula is C13H9Cl2NO2S. The molecule has 0 aliphatic carbocycles. The zero-order valence-corrected chi connectivity index (χ0v) is 12.2. The fourth-order valence-corrected chi connectivity index (χ4v) is 2.95. The first-order chi connectivity index (χ1) is 8.97. The maximum atomic E-state index is 10.7. The lowest BCUT2D eigenvalue weighted by atomic mass is 10.2. The summed E-state index contributed by atoms with van der Waals surface area (Å²) in [6, 6.07) is 10.2. The molecule has 0 aliphatic rings. The molecule has 0 aliphatic heterocycles. The summed E-state index contributed by atoms with van der Waals surface area (Å²) >= 11 is 13.4. The van der Waals surface area contributed by atoms with E-state index in [2.05, 4.69) is 0 Å². The van der Waals surface area contributed by atoms with Gasteiger partial charge in [-0.25, -0.2) is 0 Å². The smallest absolute Gasteiger partial charge is 0.258 e. The number of hydrogen-bond acceptors (Lipinski definition) is 3. The predicted octanol–water partition coefficient (Wildman–Crippen LogP) is 5.36. The van der Waals surface area contributed by atoms with Crippen LogP contribution < -0.4 is 0 Å². The summed E-state index contributed by atoms with van der Waals surface area (Å²) in [6.45, 7) is 1.80. The Morgan fingerprint density at radius 3 is 2.32 bits per heavy atom. The highest BCUT2D eigenvalue weighted by Gasteiger charge is 2.14. The molecule has 0 fully saturated rings. The highest BCUT2D eigenvalue weighted by Crippen LogP contribution is 2.38. The Hall–Kier alpha value is -1.23. The number of halogens is 2. The van der Waals surface area contributed by atoms with Gasteiger partial charge in [-0.3, -0.25) is 10.1 Å². The fraction of sp³-hybridized carbons (Fsp3) is 0.0769. The molecule has 0 saturated carbocycles. The number of hydrogen-bond donors (Lipinski definition) is 0. The van der Waals surface area contributed by atoms with Gasteiger partial charge in [0.1, 0.15) is 0 Å². The average Bonchev–Trinajstić information content (AvgIpc) is 2.35. The monoisotopic (exact) mass is 313 g/mol. The first-order valence-electron chi connectivity index (χ1n) is 5.35. The largest absolute Gasteiger partial charge is 0.271 e. The van der Waals surface area contributed by atoms with Crippen LogP contribution in [0.5, 0.6) is 0 Å². The zero-order valence-electron chi connectivity index (χ0n) is 9.89. The van der Waals surface area contributed by atoms with Crippen LogP contribution in [-0.4, -0.2) is 4.92 Å². The van der Waals surface area contributed by atoms with Gasteiger partial charge in [0.2, 0.25) is 0 Å². The van der Waals surface area contributed by atoms with Gasteiger partial charge in [0, 0.05) is 26.9 Å². The van der Waals surface area contributed by atoms with E-state index in [1.807, 2.05) is 12.1 Å². The standard InChI is InChI=1S/C13H9Cl2NO2S/c1-8-6-10(16(17)18)7-12(15)13(8)19-11-4-2-9(14)3-5-11/h2-7H,1H3. The van der Waals surface area contributed by atoms with Crippen molar-refractivity contribution in [3.63, 3.8) is 0 Å². The Labute approximate surface area is 124 Å². The molecular weight excluding hydrogens is 305 g/mol. The van der Waals surface area contributed by atoms with Crippen molar-refractivity contribution < 1.29 is 4.92 Å². The Bertz CT molecular complexity index is 606. The molecule has 0 aromatic heterocycles. The Balaban J connectivity index is 2.35. The molecule has 2 aromatic carbocycles. The maximum Gasteiger partial charge on any atom is 0.271 e. The Morgan fingerprint density at radius 1 is 1.16 bits per heavy atom. The second-order valence-electron chi connectivity index (χ2n) is 3.89. The molecule has 2 rings (SSSR count). The molecule has 3 nitrogen and oxygen atoms in total. The molecule has 6 heteroatoms. The number of nitro benzene ring substituents is 1. The number of nitrogens with zero attached hydrogens (tertiary/aromatic N) is 1. The van der Waals surface area contributed by atoms with E-state index in [1.54, 1.807) is 19.1 Å². The average molecular weight is 314 g/mol. The van der Waals surface area contributed by atoms with Crippen molar-refractivity contribution in [2.75, 3.05) is 0 Å². The van der Waals surface area contributed by atoms with Gasteiger partial charge in [-0.05, 0) is 36.8 Å². The normalized spacial score (nSPS) is 10.5. The molecule has 0 unspecified atom stereocenters. The molecule has 19 heavy (non-hydrogen) atoms. The molecule has 0 saturated heterocycles. The van der Waals surface area contributed by atoms with Gasteiger partial charge in [-0.1, -0.05) is 35.0 Å². The summed E-state index contributed by atoms with van der Waals surface area (Å²) in [4.78, 5) is 12.1. The third-order valence-corrected chi connectivity index (χ3v) is 4.37. The van der Waals surface area contributed by atoms with Crippen molar-refractivity contribution in [1.29, 1.82) is 0 Å². The van der Waals surface area contributed by atoms with Gasteiger partial charge in [-0.2, -0.15) is 0 Å². The molecule has 2 aromatic rings. The molecule has 0 amide bonds. The van der Waals surface area contributed by atoms with Crippen molar-refractivity contribution in [3.8, 4) is 0 Å². The van der Waals surface area contributed by atoms with Gasteiger partial charge in [-0.15, -0.1) is 0 Å². The summed E-state index contributed by atoms with van der Waals surface area (Å²) in [5.41, 5.74) is 0.780. The molecule has 0 spiro atoms. The molecule has 0 N–H and O–H groups in total. The quantitative estimate of drug-likeness (QED) is 0.565. The minimum atomic E-state index is -0.449. The van der Waals surface area contributed by atoms with E-state index in [0.717, 1.165) is 15.4 Å². The number of aryl methyl sites for hydroxylation is 1. The number of non-ortho nitro benzene ring substituents is 1. The summed E-state index contributed by atoms with van der Waals surface area (Å²) < 4.78 is 0. The van der Waals surface area contributed by atoms with Gasteiger partial charge in [0.15, 0.2) is 0 Å². The maximum absolute atomic E-state index is 10.7. The van der Waals surface area contributed by atoms with Crippen LogP contribution in [0.25, 0.3) is 0 Å². The summed E-state index contributed by atoms with van der Waals surface area (Å²) in [7, 11) is 0. The zero-order chi connectivity index (χ0) is 14.0. The van der Waals surface area contributed by atoms with E-state index in [0.29, 0.717) is 10.0 Å². The summed E-state index contributed by atoms with van der Waals surface area (Å²) in [5.74, 6) is 0. The lowest BCUT2D eigenvalue weighted by Crippen LogP contribution is -1.91. The van der Waals surface area contributed by atoms with Crippen LogP contribution in [0, 0.1) is 17.0 Å². The van der Waals surface area contributed by atoms with E-state index >= 15 is 0 Å². The first kappa shape index (κ1) is 14.2. The lowest BCUT2D eigenvalue weighted by molar-refractivity contribution is -0.384. The minimum Gasteiger partial charge on any atom is -0.258 e. The number of rotatable bonds is 3. The number of benzene rings is 2. The van der Waals surface area contributed by atoms with Crippen LogP contribution in [0.15, 0.2) is 46.2 Å². The second-order valence-corrected chi connectivity index (χ2v) is 5.81.